The first-order valence-electron chi connectivity index (χ1n) is 4.87. The van der Waals surface area contributed by atoms with Crippen LogP contribution in [0.5, 0.6) is 5.75 Å². The summed E-state index contributed by atoms with van der Waals surface area (Å²) in [5, 5.41) is 10.7. The number of alkyl halides is 3. The molecule has 1 N–H and O–H groups in total. The summed E-state index contributed by atoms with van der Waals surface area (Å²) in [6.45, 7) is -1.37. The summed E-state index contributed by atoms with van der Waals surface area (Å²) >= 11 is 0. The molecule has 1 aromatic carbocycles. The van der Waals surface area contributed by atoms with Crippen LogP contribution in [0.4, 0.5) is 18.9 Å². The van der Waals surface area contributed by atoms with Crippen LogP contribution in [0.25, 0.3) is 0 Å². The predicted molar refractivity (Wildman–Crippen MR) is 56.9 cm³/mol. The molecule has 0 bridgehead atoms. The number of ether oxygens (including phenoxy) is 1. The quantitative estimate of drug-likeness (QED) is 0.902. The maximum atomic E-state index is 11.9. The lowest BCUT2D eigenvalue weighted by molar-refractivity contribution is -0.153. The van der Waals surface area contributed by atoms with Crippen LogP contribution >= 0.6 is 0 Å². The van der Waals surface area contributed by atoms with Crippen molar-refractivity contribution < 1.29 is 22.7 Å². The molecule has 0 aliphatic heterocycles. The van der Waals surface area contributed by atoms with Crippen molar-refractivity contribution >= 4 is 11.6 Å². The number of anilines is 1. The molecule has 0 heterocycles. The Balaban J connectivity index is 2.53. The maximum absolute atomic E-state index is 11.9. The van der Waals surface area contributed by atoms with Crippen LogP contribution in [0.1, 0.15) is 6.42 Å². The lowest BCUT2D eigenvalue weighted by atomic mass is 10.3. The van der Waals surface area contributed by atoms with Crippen LogP contribution in [0.3, 0.4) is 0 Å². The highest BCUT2D eigenvalue weighted by atomic mass is 19.4. The zero-order chi connectivity index (χ0) is 13.6. The van der Waals surface area contributed by atoms with Gasteiger partial charge in [-0.15, -0.1) is 0 Å². The fourth-order valence-electron chi connectivity index (χ4n) is 1.08. The van der Waals surface area contributed by atoms with Crippen LogP contribution in [-0.4, -0.2) is 18.7 Å². The number of halogens is 3. The molecule has 18 heavy (non-hydrogen) atoms. The van der Waals surface area contributed by atoms with Gasteiger partial charge in [0.2, 0.25) is 5.91 Å². The largest absolute Gasteiger partial charge is 0.484 e. The average Bonchev–Trinajstić information content (AvgIpc) is 2.27. The van der Waals surface area contributed by atoms with Crippen molar-refractivity contribution in [1.29, 1.82) is 5.26 Å². The van der Waals surface area contributed by atoms with Gasteiger partial charge >= 0.3 is 6.18 Å². The Bertz CT molecular complexity index is 449. The molecule has 0 saturated heterocycles. The molecule has 96 valence electrons. The summed E-state index contributed by atoms with van der Waals surface area (Å²) in [6.07, 6.45) is -4.67. The van der Waals surface area contributed by atoms with Gasteiger partial charge in [-0.05, 0) is 24.3 Å². The van der Waals surface area contributed by atoms with Crippen molar-refractivity contribution in [3.05, 3.63) is 24.3 Å². The lowest BCUT2D eigenvalue weighted by Crippen LogP contribution is -2.19. The molecule has 0 spiro atoms. The summed E-state index contributed by atoms with van der Waals surface area (Å²) in [6, 6.07) is 7.05. The first kappa shape index (κ1) is 13.8. The predicted octanol–water partition coefficient (Wildman–Crippen LogP) is 2.48. The summed E-state index contributed by atoms with van der Waals surface area (Å²) in [5.41, 5.74) is 0.384. The zero-order valence-corrected chi connectivity index (χ0v) is 9.12. The second-order valence-electron chi connectivity index (χ2n) is 3.31. The second kappa shape index (κ2) is 5.91. The van der Waals surface area contributed by atoms with Gasteiger partial charge in [-0.3, -0.25) is 4.79 Å². The number of carbonyl (C=O) groups excluding carboxylic acids is 1. The Kier molecular flexibility index (Phi) is 4.54. The minimum atomic E-state index is -4.39. The minimum absolute atomic E-state index is 0.0469. The van der Waals surface area contributed by atoms with Crippen LogP contribution in [0.2, 0.25) is 0 Å². The molecule has 1 rings (SSSR count). The van der Waals surface area contributed by atoms with E-state index in [9.17, 15) is 18.0 Å². The van der Waals surface area contributed by atoms with E-state index in [-0.39, 0.29) is 12.2 Å². The van der Waals surface area contributed by atoms with Gasteiger partial charge in [0.05, 0.1) is 6.07 Å². The van der Waals surface area contributed by atoms with Crippen molar-refractivity contribution in [2.24, 2.45) is 0 Å². The van der Waals surface area contributed by atoms with Crippen molar-refractivity contribution in [1.82, 2.24) is 0 Å². The summed E-state index contributed by atoms with van der Waals surface area (Å²) in [4.78, 5) is 11.0. The van der Waals surface area contributed by atoms with Gasteiger partial charge in [0, 0.05) is 5.69 Å². The van der Waals surface area contributed by atoms with E-state index in [0.717, 1.165) is 0 Å². The molecule has 0 aromatic heterocycles. The molecule has 4 nitrogen and oxygen atoms in total. The fraction of sp³-hybridized carbons (Fsp3) is 0.273. The van der Waals surface area contributed by atoms with Gasteiger partial charge in [0.25, 0.3) is 0 Å². The highest BCUT2D eigenvalue weighted by Gasteiger charge is 2.28. The van der Waals surface area contributed by atoms with E-state index in [1.165, 1.54) is 24.3 Å². The first-order chi connectivity index (χ1) is 8.40. The number of hydrogen-bond acceptors (Lipinski definition) is 3. The van der Waals surface area contributed by atoms with Crippen LogP contribution in [0, 0.1) is 11.3 Å². The summed E-state index contributed by atoms with van der Waals surface area (Å²) in [5.74, 6) is -0.438. The van der Waals surface area contributed by atoms with E-state index in [0.29, 0.717) is 5.69 Å². The van der Waals surface area contributed by atoms with Crippen molar-refractivity contribution in [3.8, 4) is 11.8 Å². The van der Waals surface area contributed by atoms with E-state index in [1.54, 1.807) is 6.07 Å². The van der Waals surface area contributed by atoms with Gasteiger partial charge in [-0.2, -0.15) is 18.4 Å². The topological polar surface area (TPSA) is 62.1 Å². The van der Waals surface area contributed by atoms with E-state index >= 15 is 0 Å². The Morgan fingerprint density at radius 2 is 1.94 bits per heavy atom. The van der Waals surface area contributed by atoms with Crippen molar-refractivity contribution in [2.75, 3.05) is 11.9 Å². The molecule has 0 fully saturated rings. The zero-order valence-electron chi connectivity index (χ0n) is 9.12. The highest BCUT2D eigenvalue weighted by Crippen LogP contribution is 2.20. The van der Waals surface area contributed by atoms with Crippen LogP contribution in [-0.2, 0) is 4.79 Å². The number of benzene rings is 1. The van der Waals surface area contributed by atoms with Gasteiger partial charge < -0.3 is 10.1 Å². The van der Waals surface area contributed by atoms with Gasteiger partial charge in [-0.1, -0.05) is 0 Å². The second-order valence-corrected chi connectivity index (χ2v) is 3.31. The normalized spacial score (nSPS) is 10.6. The number of amides is 1. The Morgan fingerprint density at radius 3 is 2.44 bits per heavy atom. The third-order valence-corrected chi connectivity index (χ3v) is 1.78. The third-order valence-electron chi connectivity index (χ3n) is 1.78. The summed E-state index contributed by atoms with van der Waals surface area (Å²) < 4.78 is 40.1. The molecule has 0 atom stereocenters. The molecule has 0 saturated carbocycles. The minimum Gasteiger partial charge on any atom is -0.484 e. The number of nitriles is 1. The molecular formula is C11H9F3N2O2. The number of rotatable bonds is 4. The number of hydrogen-bond donors (Lipinski definition) is 1. The van der Waals surface area contributed by atoms with Crippen LogP contribution < -0.4 is 10.1 Å². The number of carbonyl (C=O) groups is 1. The third kappa shape index (κ3) is 5.21. The smallest absolute Gasteiger partial charge is 0.422 e. The highest BCUT2D eigenvalue weighted by molar-refractivity contribution is 5.92. The van der Waals surface area contributed by atoms with Gasteiger partial charge in [0.15, 0.2) is 6.61 Å². The van der Waals surface area contributed by atoms with Crippen molar-refractivity contribution in [2.45, 2.75) is 12.6 Å². The summed E-state index contributed by atoms with van der Waals surface area (Å²) in [7, 11) is 0. The molecular weight excluding hydrogens is 249 g/mol. The van der Waals surface area contributed by atoms with E-state index in [2.05, 4.69) is 10.1 Å². The molecule has 1 amide bonds. The Morgan fingerprint density at radius 1 is 1.33 bits per heavy atom. The van der Waals surface area contributed by atoms with Crippen molar-refractivity contribution in [3.63, 3.8) is 0 Å². The van der Waals surface area contributed by atoms with E-state index in [4.69, 9.17) is 5.26 Å². The van der Waals surface area contributed by atoms with E-state index in [1.807, 2.05) is 0 Å². The fourth-order valence-corrected chi connectivity index (χ4v) is 1.08. The maximum Gasteiger partial charge on any atom is 0.422 e. The molecule has 1 aromatic rings. The molecule has 7 heteroatoms. The van der Waals surface area contributed by atoms with E-state index < -0.39 is 18.7 Å². The number of nitrogens with zero attached hydrogens (tertiary/aromatic N) is 1. The van der Waals surface area contributed by atoms with Gasteiger partial charge in [-0.25, -0.2) is 0 Å². The molecule has 0 unspecified atom stereocenters. The molecule has 0 aliphatic rings. The molecule has 0 aliphatic carbocycles. The SMILES string of the molecule is N#CCC(=O)Nc1ccc(OCC(F)(F)F)cc1. The average molecular weight is 258 g/mol. The monoisotopic (exact) mass is 258 g/mol. The molecule has 0 radical (unpaired) electrons. The van der Waals surface area contributed by atoms with Gasteiger partial charge in [0.1, 0.15) is 12.2 Å². The Labute approximate surface area is 101 Å². The standard InChI is InChI=1S/C11H9F3N2O2/c12-11(13,14)7-18-9-3-1-8(2-4-9)16-10(17)5-6-15/h1-4H,5,7H2,(H,16,17). The lowest BCUT2D eigenvalue weighted by Gasteiger charge is -2.09. The van der Waals surface area contributed by atoms with Crippen LogP contribution in [0.15, 0.2) is 24.3 Å². The first-order valence-corrected chi connectivity index (χ1v) is 4.87. The Hall–Kier alpha value is -2.23. The number of nitrogens with one attached hydrogen (secondary N) is 1.